The Morgan fingerprint density at radius 2 is 2.00 bits per heavy atom. The molecular weight excluding hydrogens is 392 g/mol. The van der Waals surface area contributed by atoms with Crippen molar-refractivity contribution in [2.75, 3.05) is 33.4 Å². The standard InChI is InChI=1S/C17H21BrN2O3S/c1-4-8-20(9-5-2)17(24)19-16(21)14-12-13(18)6-7-15(14)23-11-10-22-3/h4-7,12H,1-2,8-11H2,3H3,(H,19,21,24). The van der Waals surface area contributed by atoms with Crippen LogP contribution in [0.4, 0.5) is 0 Å². The third-order valence-electron chi connectivity index (χ3n) is 2.94. The molecule has 0 aliphatic rings. The van der Waals surface area contributed by atoms with E-state index < -0.39 is 0 Å². The van der Waals surface area contributed by atoms with Gasteiger partial charge in [-0.1, -0.05) is 28.1 Å². The maximum absolute atomic E-state index is 12.6. The summed E-state index contributed by atoms with van der Waals surface area (Å²) in [5, 5.41) is 3.02. The predicted octanol–water partition coefficient (Wildman–Crippen LogP) is 3.16. The summed E-state index contributed by atoms with van der Waals surface area (Å²) in [7, 11) is 1.59. The highest BCUT2D eigenvalue weighted by Gasteiger charge is 2.17. The quantitative estimate of drug-likeness (QED) is 0.383. The molecule has 0 aliphatic carbocycles. The van der Waals surface area contributed by atoms with Gasteiger partial charge in [0, 0.05) is 24.7 Å². The maximum atomic E-state index is 12.6. The van der Waals surface area contributed by atoms with Crippen LogP contribution in [0.2, 0.25) is 0 Å². The van der Waals surface area contributed by atoms with E-state index in [1.165, 1.54) is 0 Å². The number of amides is 1. The number of ether oxygens (including phenoxy) is 2. The number of thiocarbonyl (C=S) groups is 1. The van der Waals surface area contributed by atoms with Crippen molar-refractivity contribution in [3.63, 3.8) is 0 Å². The lowest BCUT2D eigenvalue weighted by atomic mass is 10.2. The maximum Gasteiger partial charge on any atom is 0.261 e. The Hall–Kier alpha value is -1.70. The zero-order valence-corrected chi connectivity index (χ0v) is 16.0. The number of hydrogen-bond donors (Lipinski definition) is 1. The molecule has 0 fully saturated rings. The van der Waals surface area contributed by atoms with E-state index >= 15 is 0 Å². The minimum Gasteiger partial charge on any atom is -0.490 e. The van der Waals surface area contributed by atoms with Gasteiger partial charge in [0.1, 0.15) is 12.4 Å². The molecule has 1 aromatic rings. The zero-order valence-electron chi connectivity index (χ0n) is 13.6. The van der Waals surface area contributed by atoms with Crippen molar-refractivity contribution in [2.24, 2.45) is 0 Å². The number of methoxy groups -OCH3 is 1. The molecule has 0 aliphatic heterocycles. The fourth-order valence-electron chi connectivity index (χ4n) is 1.84. The van der Waals surface area contributed by atoms with Crippen LogP contribution in [0.25, 0.3) is 0 Å². The van der Waals surface area contributed by atoms with Crippen LogP contribution in [-0.4, -0.2) is 49.3 Å². The Morgan fingerprint density at radius 3 is 2.58 bits per heavy atom. The largest absolute Gasteiger partial charge is 0.490 e. The third-order valence-corrected chi connectivity index (χ3v) is 3.79. The Morgan fingerprint density at radius 1 is 1.33 bits per heavy atom. The van der Waals surface area contributed by atoms with Crippen LogP contribution in [0, 0.1) is 0 Å². The van der Waals surface area contributed by atoms with Gasteiger partial charge in [-0.05, 0) is 30.4 Å². The number of hydrogen-bond acceptors (Lipinski definition) is 4. The lowest BCUT2D eigenvalue weighted by Gasteiger charge is -2.22. The minimum absolute atomic E-state index is 0.308. The summed E-state index contributed by atoms with van der Waals surface area (Å²) in [4.78, 5) is 14.3. The normalized spacial score (nSPS) is 9.92. The average Bonchev–Trinajstić information content (AvgIpc) is 2.56. The summed E-state index contributed by atoms with van der Waals surface area (Å²) in [5.74, 6) is 0.126. The van der Waals surface area contributed by atoms with Crippen LogP contribution in [0.15, 0.2) is 48.0 Å². The first-order valence-corrected chi connectivity index (χ1v) is 8.47. The highest BCUT2D eigenvalue weighted by atomic mass is 79.9. The Balaban J connectivity index is 2.88. The van der Waals surface area contributed by atoms with Gasteiger partial charge >= 0.3 is 0 Å². The van der Waals surface area contributed by atoms with Crippen molar-refractivity contribution in [2.45, 2.75) is 0 Å². The van der Waals surface area contributed by atoms with Crippen LogP contribution in [-0.2, 0) is 4.74 Å². The summed E-state index contributed by atoms with van der Waals surface area (Å²) in [6, 6.07) is 5.22. The Labute approximate surface area is 156 Å². The number of benzene rings is 1. The molecular formula is C17H21BrN2O3S. The minimum atomic E-state index is -0.341. The van der Waals surface area contributed by atoms with E-state index in [-0.39, 0.29) is 5.91 Å². The average molecular weight is 413 g/mol. The van der Waals surface area contributed by atoms with E-state index in [9.17, 15) is 4.79 Å². The van der Waals surface area contributed by atoms with Crippen LogP contribution >= 0.6 is 28.1 Å². The molecule has 0 spiro atoms. The van der Waals surface area contributed by atoms with Gasteiger partial charge in [-0.15, -0.1) is 13.2 Å². The first kappa shape index (κ1) is 20.3. The second kappa shape index (κ2) is 11.0. The zero-order chi connectivity index (χ0) is 17.9. The molecule has 0 saturated carbocycles. The molecule has 0 radical (unpaired) electrons. The molecule has 7 heteroatoms. The summed E-state index contributed by atoms with van der Waals surface area (Å²) < 4.78 is 11.3. The number of nitrogens with one attached hydrogen (secondary N) is 1. The first-order valence-electron chi connectivity index (χ1n) is 7.26. The van der Waals surface area contributed by atoms with Gasteiger partial charge in [-0.25, -0.2) is 0 Å². The van der Waals surface area contributed by atoms with Crippen molar-refractivity contribution in [1.82, 2.24) is 10.2 Å². The van der Waals surface area contributed by atoms with Gasteiger partial charge in [0.25, 0.3) is 5.91 Å². The van der Waals surface area contributed by atoms with Crippen molar-refractivity contribution in [3.8, 4) is 5.75 Å². The molecule has 1 N–H and O–H groups in total. The summed E-state index contributed by atoms with van der Waals surface area (Å²) in [6.45, 7) is 9.18. The van der Waals surface area contributed by atoms with Gasteiger partial charge in [0.2, 0.25) is 0 Å². The van der Waals surface area contributed by atoms with Gasteiger partial charge in [0.15, 0.2) is 5.11 Å². The van der Waals surface area contributed by atoms with Crippen molar-refractivity contribution in [1.29, 1.82) is 0 Å². The molecule has 0 atom stereocenters. The van der Waals surface area contributed by atoms with Crippen LogP contribution in [0.5, 0.6) is 5.75 Å². The molecule has 1 amide bonds. The van der Waals surface area contributed by atoms with Crippen molar-refractivity contribution < 1.29 is 14.3 Å². The van der Waals surface area contributed by atoms with Gasteiger partial charge in [-0.3, -0.25) is 10.1 Å². The summed E-state index contributed by atoms with van der Waals surface area (Å²) in [5.41, 5.74) is 0.389. The monoisotopic (exact) mass is 412 g/mol. The van der Waals surface area contributed by atoms with Crippen molar-refractivity contribution in [3.05, 3.63) is 53.5 Å². The number of carbonyl (C=O) groups excluding carboxylic acids is 1. The van der Waals surface area contributed by atoms with E-state index in [1.807, 2.05) is 0 Å². The smallest absolute Gasteiger partial charge is 0.261 e. The van der Waals surface area contributed by atoms with Crippen LogP contribution < -0.4 is 10.1 Å². The predicted molar refractivity (Wildman–Crippen MR) is 104 cm³/mol. The first-order chi connectivity index (χ1) is 11.5. The number of halogens is 1. The van der Waals surface area contributed by atoms with Crippen LogP contribution in [0.3, 0.4) is 0 Å². The molecule has 1 rings (SSSR count). The molecule has 0 aromatic heterocycles. The van der Waals surface area contributed by atoms with Crippen molar-refractivity contribution >= 4 is 39.2 Å². The number of nitrogens with zero attached hydrogens (tertiary/aromatic N) is 1. The Kier molecular flexibility index (Phi) is 9.29. The van der Waals surface area contributed by atoms with E-state index in [2.05, 4.69) is 34.4 Å². The lowest BCUT2D eigenvalue weighted by molar-refractivity contribution is 0.0966. The van der Waals surface area contributed by atoms with E-state index in [0.29, 0.717) is 42.7 Å². The summed E-state index contributed by atoms with van der Waals surface area (Å²) in [6.07, 6.45) is 3.42. The Bertz CT molecular complexity index is 597. The third kappa shape index (κ3) is 6.43. The molecule has 0 heterocycles. The fraction of sp³-hybridized carbons (Fsp3) is 0.294. The fourth-order valence-corrected chi connectivity index (χ4v) is 2.44. The number of rotatable bonds is 9. The molecule has 0 unspecified atom stereocenters. The number of carbonyl (C=O) groups is 1. The highest BCUT2D eigenvalue weighted by Crippen LogP contribution is 2.23. The molecule has 1 aromatic carbocycles. The van der Waals surface area contributed by atoms with Gasteiger partial charge in [-0.2, -0.15) is 0 Å². The second-order valence-corrected chi connectivity index (χ2v) is 6.03. The topological polar surface area (TPSA) is 50.8 Å². The second-order valence-electron chi connectivity index (χ2n) is 4.72. The molecule has 0 bridgehead atoms. The SMILES string of the molecule is C=CCN(CC=C)C(=S)NC(=O)c1cc(Br)ccc1OCCOC. The van der Waals surface area contributed by atoms with E-state index in [1.54, 1.807) is 42.4 Å². The van der Waals surface area contributed by atoms with Crippen LogP contribution in [0.1, 0.15) is 10.4 Å². The van der Waals surface area contributed by atoms with Gasteiger partial charge in [0.05, 0.1) is 12.2 Å². The highest BCUT2D eigenvalue weighted by molar-refractivity contribution is 9.10. The van der Waals surface area contributed by atoms with Gasteiger partial charge < -0.3 is 14.4 Å². The molecule has 5 nitrogen and oxygen atoms in total. The van der Waals surface area contributed by atoms with E-state index in [0.717, 1.165) is 4.47 Å². The molecule has 0 saturated heterocycles. The lowest BCUT2D eigenvalue weighted by Crippen LogP contribution is -2.42. The summed E-state index contributed by atoms with van der Waals surface area (Å²) >= 11 is 8.65. The molecule has 130 valence electrons. The van der Waals surface area contributed by atoms with E-state index in [4.69, 9.17) is 21.7 Å². The molecule has 24 heavy (non-hydrogen) atoms.